The highest BCUT2D eigenvalue weighted by Gasteiger charge is 2.37. The molecule has 0 saturated heterocycles. The summed E-state index contributed by atoms with van der Waals surface area (Å²) in [7, 11) is 0. The van der Waals surface area contributed by atoms with E-state index in [1.807, 2.05) is 33.8 Å². The summed E-state index contributed by atoms with van der Waals surface area (Å²) in [5, 5.41) is 3.90. The number of anilines is 1. The van der Waals surface area contributed by atoms with Gasteiger partial charge in [-0.1, -0.05) is 11.2 Å². The first-order chi connectivity index (χ1) is 9.91. The number of aryl methyl sites for hydroxylation is 3. The number of fused-ring (bicyclic) bond motifs is 1. The fraction of sp³-hybridized carbons (Fsp3) is 0.312. The van der Waals surface area contributed by atoms with Crippen molar-refractivity contribution in [1.29, 1.82) is 0 Å². The SMILES string of the molecule is Cc1ccc2c(c1C)N(Cc1c(C)noc1C)C(=O)C2=O. The predicted molar refractivity (Wildman–Crippen MR) is 77.4 cm³/mol. The molecule has 1 aliphatic rings. The molecule has 2 heterocycles. The minimum absolute atomic E-state index is 0.309. The summed E-state index contributed by atoms with van der Waals surface area (Å²) in [4.78, 5) is 26.0. The van der Waals surface area contributed by atoms with Crippen molar-refractivity contribution in [1.82, 2.24) is 5.16 Å². The maximum absolute atomic E-state index is 12.3. The van der Waals surface area contributed by atoms with Crippen LogP contribution in [0.5, 0.6) is 0 Å². The van der Waals surface area contributed by atoms with Gasteiger partial charge in [0.15, 0.2) is 0 Å². The number of aromatic nitrogens is 1. The highest BCUT2D eigenvalue weighted by molar-refractivity contribution is 6.52. The molecule has 0 aliphatic carbocycles. The van der Waals surface area contributed by atoms with Crippen LogP contribution in [-0.4, -0.2) is 16.8 Å². The van der Waals surface area contributed by atoms with Crippen molar-refractivity contribution in [2.24, 2.45) is 0 Å². The highest BCUT2D eigenvalue weighted by atomic mass is 16.5. The number of hydrogen-bond donors (Lipinski definition) is 0. The molecule has 21 heavy (non-hydrogen) atoms. The Morgan fingerprint density at radius 1 is 1.14 bits per heavy atom. The van der Waals surface area contributed by atoms with Crippen LogP contribution in [0.1, 0.15) is 38.5 Å². The summed E-state index contributed by atoms with van der Waals surface area (Å²) in [5.74, 6) is -0.259. The molecule has 2 aromatic rings. The first-order valence-electron chi connectivity index (χ1n) is 6.80. The van der Waals surface area contributed by atoms with Gasteiger partial charge in [-0.15, -0.1) is 0 Å². The second-order valence-corrected chi connectivity index (χ2v) is 5.43. The van der Waals surface area contributed by atoms with Crippen molar-refractivity contribution >= 4 is 17.4 Å². The largest absolute Gasteiger partial charge is 0.361 e. The molecule has 5 heteroatoms. The van der Waals surface area contributed by atoms with E-state index in [1.165, 1.54) is 4.90 Å². The number of nitrogens with zero attached hydrogens (tertiary/aromatic N) is 2. The number of amides is 1. The molecular weight excluding hydrogens is 268 g/mol. The number of hydrogen-bond acceptors (Lipinski definition) is 4. The zero-order valence-electron chi connectivity index (χ0n) is 12.5. The van der Waals surface area contributed by atoms with E-state index in [4.69, 9.17) is 4.52 Å². The minimum atomic E-state index is -0.487. The van der Waals surface area contributed by atoms with Crippen molar-refractivity contribution in [2.45, 2.75) is 34.2 Å². The van der Waals surface area contributed by atoms with Gasteiger partial charge in [-0.3, -0.25) is 14.5 Å². The van der Waals surface area contributed by atoms with Gasteiger partial charge in [0, 0.05) is 5.56 Å². The second kappa shape index (κ2) is 4.55. The van der Waals surface area contributed by atoms with Crippen molar-refractivity contribution < 1.29 is 14.1 Å². The van der Waals surface area contributed by atoms with Crippen LogP contribution in [0.4, 0.5) is 5.69 Å². The van der Waals surface area contributed by atoms with Gasteiger partial charge in [0.1, 0.15) is 5.76 Å². The number of carbonyl (C=O) groups is 2. The van der Waals surface area contributed by atoms with Crippen LogP contribution in [0.3, 0.4) is 0 Å². The Labute approximate surface area is 122 Å². The van der Waals surface area contributed by atoms with E-state index in [1.54, 1.807) is 6.07 Å². The van der Waals surface area contributed by atoms with Crippen LogP contribution >= 0.6 is 0 Å². The van der Waals surface area contributed by atoms with Crippen LogP contribution < -0.4 is 4.90 Å². The molecule has 108 valence electrons. The first kappa shape index (κ1) is 13.5. The van der Waals surface area contributed by atoms with Crippen LogP contribution in [-0.2, 0) is 11.3 Å². The van der Waals surface area contributed by atoms with Crippen molar-refractivity contribution in [2.75, 3.05) is 4.90 Å². The number of Topliss-reactive ketones (excluding diaryl/α,β-unsaturated/α-hetero) is 1. The van der Waals surface area contributed by atoms with E-state index >= 15 is 0 Å². The van der Waals surface area contributed by atoms with Gasteiger partial charge in [-0.05, 0) is 44.9 Å². The van der Waals surface area contributed by atoms with Gasteiger partial charge in [0.25, 0.3) is 11.7 Å². The molecule has 0 atom stereocenters. The van der Waals surface area contributed by atoms with Crippen LogP contribution in [0.2, 0.25) is 0 Å². The Morgan fingerprint density at radius 2 is 1.86 bits per heavy atom. The topological polar surface area (TPSA) is 63.4 Å². The maximum Gasteiger partial charge on any atom is 0.299 e. The zero-order chi connectivity index (χ0) is 15.3. The molecule has 3 rings (SSSR count). The summed E-state index contributed by atoms with van der Waals surface area (Å²) in [6.07, 6.45) is 0. The average molecular weight is 284 g/mol. The van der Waals surface area contributed by atoms with Gasteiger partial charge in [-0.2, -0.15) is 0 Å². The molecule has 1 aliphatic heterocycles. The van der Waals surface area contributed by atoms with E-state index in [9.17, 15) is 9.59 Å². The molecule has 0 saturated carbocycles. The number of rotatable bonds is 2. The molecule has 0 radical (unpaired) electrons. The van der Waals surface area contributed by atoms with E-state index < -0.39 is 11.7 Å². The van der Waals surface area contributed by atoms with E-state index in [-0.39, 0.29) is 0 Å². The Bertz CT molecular complexity index is 755. The van der Waals surface area contributed by atoms with Gasteiger partial charge in [0.2, 0.25) is 0 Å². The minimum Gasteiger partial charge on any atom is -0.361 e. The standard InChI is InChI=1S/C16H16N2O3/c1-8-5-6-12-14(9(8)2)18(16(20)15(12)19)7-13-10(3)17-21-11(13)4/h5-6H,7H2,1-4H3. The Balaban J connectivity index is 2.11. The number of benzene rings is 1. The number of ketones is 1. The van der Waals surface area contributed by atoms with E-state index in [2.05, 4.69) is 5.16 Å². The van der Waals surface area contributed by atoms with Gasteiger partial charge in [0.05, 0.1) is 23.5 Å². The van der Waals surface area contributed by atoms with Gasteiger partial charge < -0.3 is 4.52 Å². The lowest BCUT2D eigenvalue weighted by Crippen LogP contribution is -2.30. The molecule has 1 aromatic heterocycles. The third-order valence-corrected chi connectivity index (χ3v) is 4.15. The Hall–Kier alpha value is -2.43. The van der Waals surface area contributed by atoms with Crippen LogP contribution in [0.25, 0.3) is 0 Å². The van der Waals surface area contributed by atoms with Crippen LogP contribution in [0.15, 0.2) is 16.7 Å². The third-order valence-electron chi connectivity index (χ3n) is 4.15. The lowest BCUT2D eigenvalue weighted by atomic mass is 10.0. The van der Waals surface area contributed by atoms with E-state index in [0.717, 1.165) is 22.4 Å². The monoisotopic (exact) mass is 284 g/mol. The Kier molecular flexibility index (Phi) is 2.93. The van der Waals surface area contributed by atoms with Crippen molar-refractivity contribution in [3.8, 4) is 0 Å². The summed E-state index contributed by atoms with van der Waals surface area (Å²) < 4.78 is 5.14. The lowest BCUT2D eigenvalue weighted by molar-refractivity contribution is -0.114. The highest BCUT2D eigenvalue weighted by Crippen LogP contribution is 2.35. The molecule has 0 unspecified atom stereocenters. The summed E-state index contributed by atoms with van der Waals surface area (Å²) in [5.41, 5.74) is 4.80. The molecule has 1 amide bonds. The zero-order valence-corrected chi connectivity index (χ0v) is 12.5. The fourth-order valence-corrected chi connectivity index (χ4v) is 2.71. The van der Waals surface area contributed by atoms with Crippen molar-refractivity contribution in [3.05, 3.63) is 45.8 Å². The molecule has 0 bridgehead atoms. The molecule has 5 nitrogen and oxygen atoms in total. The molecule has 0 fully saturated rings. The first-order valence-corrected chi connectivity index (χ1v) is 6.80. The third kappa shape index (κ3) is 1.88. The number of carbonyl (C=O) groups excluding carboxylic acids is 2. The normalized spacial score (nSPS) is 14.0. The summed E-state index contributed by atoms with van der Waals surface area (Å²) >= 11 is 0. The predicted octanol–water partition coefficient (Wildman–Crippen LogP) is 2.64. The fourth-order valence-electron chi connectivity index (χ4n) is 2.71. The summed E-state index contributed by atoms with van der Waals surface area (Å²) in [6, 6.07) is 3.60. The average Bonchev–Trinajstić information content (AvgIpc) is 2.89. The molecular formula is C16H16N2O3. The van der Waals surface area contributed by atoms with Crippen LogP contribution in [0, 0.1) is 27.7 Å². The molecule has 1 aromatic carbocycles. The van der Waals surface area contributed by atoms with E-state index in [0.29, 0.717) is 23.6 Å². The van der Waals surface area contributed by atoms with Gasteiger partial charge >= 0.3 is 0 Å². The second-order valence-electron chi connectivity index (χ2n) is 5.43. The molecule has 0 spiro atoms. The van der Waals surface area contributed by atoms with Crippen molar-refractivity contribution in [3.63, 3.8) is 0 Å². The Morgan fingerprint density at radius 3 is 2.48 bits per heavy atom. The maximum atomic E-state index is 12.3. The lowest BCUT2D eigenvalue weighted by Gasteiger charge is -2.19. The summed E-state index contributed by atoms with van der Waals surface area (Å²) in [6.45, 7) is 7.85. The smallest absolute Gasteiger partial charge is 0.299 e. The molecule has 0 N–H and O–H groups in total. The van der Waals surface area contributed by atoms with Gasteiger partial charge in [-0.25, -0.2) is 0 Å². The quantitative estimate of drug-likeness (QED) is 0.795.